The summed E-state index contributed by atoms with van der Waals surface area (Å²) in [7, 11) is 14.0. The van der Waals surface area contributed by atoms with Gasteiger partial charge in [0.05, 0.1) is 0 Å². The van der Waals surface area contributed by atoms with E-state index in [4.69, 9.17) is 35.1 Å². The molecule has 0 radical (unpaired) electrons. The first kappa shape index (κ1) is 16.4. The molecule has 0 aromatic heterocycles. The van der Waals surface area contributed by atoms with Gasteiger partial charge in [0.15, 0.2) is 0 Å². The van der Waals surface area contributed by atoms with E-state index in [2.05, 4.69) is 5.32 Å². The minimum atomic E-state index is -3.74. The Morgan fingerprint density at radius 1 is 1.25 bits per heavy atom. The molecule has 0 spiro atoms. The molecule has 2 N–H and O–H groups in total. The van der Waals surface area contributed by atoms with Gasteiger partial charge in [-0.05, 0) is 0 Å². The van der Waals surface area contributed by atoms with Gasteiger partial charge in [-0.15, -0.1) is 0 Å². The van der Waals surface area contributed by atoms with E-state index in [9.17, 15) is 9.59 Å². The van der Waals surface area contributed by atoms with Gasteiger partial charge in [0.1, 0.15) is 0 Å². The summed E-state index contributed by atoms with van der Waals surface area (Å²) < 4.78 is -0.619. The van der Waals surface area contributed by atoms with Crippen LogP contribution in [0.25, 0.3) is 0 Å². The molecule has 94 valence electrons. The predicted octanol–water partition coefficient (Wildman–Crippen LogP) is 2.26. The van der Waals surface area contributed by atoms with Crippen molar-refractivity contribution in [3.63, 3.8) is 0 Å². The molecule has 2 atom stereocenters. The fraction of sp³-hybridized carbons (Fsp3) is 0.750. The van der Waals surface area contributed by atoms with Crippen LogP contribution in [0.4, 0.5) is 0 Å². The van der Waals surface area contributed by atoms with Crippen LogP contribution in [0, 0.1) is 5.92 Å². The van der Waals surface area contributed by atoms with Gasteiger partial charge in [0.2, 0.25) is 0 Å². The molecule has 8 heteroatoms. The molecule has 4 nitrogen and oxygen atoms in total. The molecular formula is C8H14Cl3GeNO3. The second-order valence-electron chi connectivity index (χ2n) is 3.83. The third kappa shape index (κ3) is 5.12. The van der Waals surface area contributed by atoms with Crippen molar-refractivity contribution in [1.82, 2.24) is 5.32 Å². The Kier molecular flexibility index (Phi) is 6.47. The second-order valence-corrected chi connectivity index (χ2v) is 19.8. The average molecular weight is 351 g/mol. The normalized spacial score (nSPS) is 15.7. The first-order chi connectivity index (χ1) is 7.07. The number of carboxylic acids is 1. The van der Waals surface area contributed by atoms with Crippen molar-refractivity contribution < 1.29 is 14.7 Å². The molecule has 0 aliphatic rings. The SMILES string of the molecule is CC(=O)NC(C(=O)O)[CH](C(C)C)[Ge]([Cl])([Cl])[Cl]. The van der Waals surface area contributed by atoms with E-state index < -0.39 is 33.1 Å². The van der Waals surface area contributed by atoms with Crippen LogP contribution >= 0.6 is 30.0 Å². The van der Waals surface area contributed by atoms with E-state index >= 15 is 0 Å². The van der Waals surface area contributed by atoms with Crippen molar-refractivity contribution in [2.24, 2.45) is 5.92 Å². The topological polar surface area (TPSA) is 66.4 Å². The first-order valence-electron chi connectivity index (χ1n) is 4.64. The molecular weight excluding hydrogens is 337 g/mol. The van der Waals surface area contributed by atoms with E-state index in [1.807, 2.05) is 0 Å². The molecule has 2 unspecified atom stereocenters. The molecule has 0 aliphatic heterocycles. The van der Waals surface area contributed by atoms with Crippen LogP contribution in [-0.4, -0.2) is 33.5 Å². The zero-order valence-electron chi connectivity index (χ0n) is 9.13. The average Bonchev–Trinajstić information content (AvgIpc) is 1.97. The van der Waals surface area contributed by atoms with Crippen LogP contribution in [0.15, 0.2) is 0 Å². The van der Waals surface area contributed by atoms with Crippen molar-refractivity contribution >= 4 is 52.4 Å². The van der Waals surface area contributed by atoms with Gasteiger partial charge < -0.3 is 0 Å². The summed E-state index contributed by atoms with van der Waals surface area (Å²) >= 11 is 0. The van der Waals surface area contributed by atoms with E-state index in [1.165, 1.54) is 6.92 Å². The molecule has 0 saturated heterocycles. The van der Waals surface area contributed by atoms with Crippen LogP contribution < -0.4 is 5.32 Å². The predicted molar refractivity (Wildman–Crippen MR) is 67.1 cm³/mol. The summed E-state index contributed by atoms with van der Waals surface area (Å²) in [5, 5.41) is 11.4. The van der Waals surface area contributed by atoms with Crippen molar-refractivity contribution in [3.8, 4) is 0 Å². The summed E-state index contributed by atoms with van der Waals surface area (Å²) in [5.41, 5.74) is 0. The number of hydrogen-bond donors (Lipinski definition) is 2. The van der Waals surface area contributed by atoms with Crippen LogP contribution in [0.1, 0.15) is 20.8 Å². The van der Waals surface area contributed by atoms with Gasteiger partial charge in [-0.2, -0.15) is 0 Å². The van der Waals surface area contributed by atoms with Gasteiger partial charge in [0, 0.05) is 0 Å². The van der Waals surface area contributed by atoms with Crippen molar-refractivity contribution in [2.45, 2.75) is 31.6 Å². The number of nitrogens with one attached hydrogen (secondary N) is 1. The van der Waals surface area contributed by atoms with E-state index in [1.54, 1.807) is 13.8 Å². The molecule has 1 amide bonds. The second kappa shape index (κ2) is 6.33. The maximum atomic E-state index is 11.1. The monoisotopic (exact) mass is 351 g/mol. The Morgan fingerprint density at radius 2 is 1.69 bits per heavy atom. The number of amides is 1. The number of carbonyl (C=O) groups is 2. The zero-order valence-corrected chi connectivity index (χ0v) is 13.5. The van der Waals surface area contributed by atoms with Crippen LogP contribution in [0.2, 0.25) is 4.75 Å². The van der Waals surface area contributed by atoms with E-state index in [0.717, 1.165) is 0 Å². The minimum absolute atomic E-state index is 0.125. The zero-order chi connectivity index (χ0) is 13.1. The molecule has 0 aromatic carbocycles. The van der Waals surface area contributed by atoms with Gasteiger partial charge in [-0.25, -0.2) is 0 Å². The van der Waals surface area contributed by atoms with Gasteiger partial charge >= 0.3 is 110 Å². The Bertz CT molecular complexity index is 280. The number of halogens is 3. The third-order valence-corrected chi connectivity index (χ3v) is 9.69. The van der Waals surface area contributed by atoms with E-state index in [-0.39, 0.29) is 5.92 Å². The van der Waals surface area contributed by atoms with Crippen molar-refractivity contribution in [2.75, 3.05) is 0 Å². The fourth-order valence-corrected chi connectivity index (χ4v) is 10.2. The third-order valence-electron chi connectivity index (χ3n) is 2.08. The Morgan fingerprint density at radius 3 is 1.88 bits per heavy atom. The Balaban J connectivity index is 5.11. The first-order valence-corrected chi connectivity index (χ1v) is 14.1. The summed E-state index contributed by atoms with van der Waals surface area (Å²) in [6.45, 7) is 4.78. The summed E-state index contributed by atoms with van der Waals surface area (Å²) in [4.78, 5) is 22.0. The molecule has 0 saturated carbocycles. The number of aliphatic carboxylic acids is 1. The van der Waals surface area contributed by atoms with Gasteiger partial charge in [-0.3, -0.25) is 0 Å². The Labute approximate surface area is 110 Å². The summed E-state index contributed by atoms with van der Waals surface area (Å²) in [6, 6.07) is -1.13. The van der Waals surface area contributed by atoms with Crippen molar-refractivity contribution in [3.05, 3.63) is 0 Å². The van der Waals surface area contributed by atoms with Gasteiger partial charge in [-0.1, -0.05) is 0 Å². The van der Waals surface area contributed by atoms with Crippen LogP contribution in [-0.2, 0) is 9.59 Å². The summed E-state index contributed by atoms with van der Waals surface area (Å²) in [6.07, 6.45) is 0. The molecule has 0 rings (SSSR count). The molecule has 0 bridgehead atoms. The fourth-order valence-electron chi connectivity index (χ4n) is 1.48. The van der Waals surface area contributed by atoms with Crippen molar-refractivity contribution in [1.29, 1.82) is 0 Å². The van der Waals surface area contributed by atoms with Crippen LogP contribution in [0.5, 0.6) is 0 Å². The summed E-state index contributed by atoms with van der Waals surface area (Å²) in [5.74, 6) is -1.75. The Hall–Kier alpha value is 0.353. The number of rotatable bonds is 5. The number of carboxylic acid groups (broad SMARTS) is 1. The molecule has 0 heterocycles. The van der Waals surface area contributed by atoms with Crippen LogP contribution in [0.3, 0.4) is 0 Å². The molecule has 16 heavy (non-hydrogen) atoms. The molecule has 0 aromatic rings. The molecule has 0 aliphatic carbocycles. The molecule has 0 fully saturated rings. The number of hydrogen-bond acceptors (Lipinski definition) is 2. The maximum absolute atomic E-state index is 11.1. The number of carbonyl (C=O) groups excluding carboxylic acids is 1. The quantitative estimate of drug-likeness (QED) is 0.747. The van der Waals surface area contributed by atoms with E-state index in [0.29, 0.717) is 0 Å². The standard InChI is InChI=1S/C8H14Cl3GeNO3/c1-4(2)6(12(9,10)11)7(8(15)16)13-5(3)14/h4,6-7H,1-3H3,(H,13,14)(H,15,16). The van der Waals surface area contributed by atoms with Gasteiger partial charge in [0.25, 0.3) is 0 Å².